The van der Waals surface area contributed by atoms with Crippen LogP contribution < -0.4 is 5.32 Å². The molecule has 0 radical (unpaired) electrons. The number of hydrogen-bond donors (Lipinski definition) is 1. The number of anilines is 2. The molecule has 1 N–H and O–H groups in total. The van der Waals surface area contributed by atoms with Crippen molar-refractivity contribution in [3.05, 3.63) is 45.6 Å². The van der Waals surface area contributed by atoms with Gasteiger partial charge in [0, 0.05) is 0 Å². The van der Waals surface area contributed by atoms with Crippen LogP contribution in [-0.2, 0) is 4.74 Å². The Bertz CT molecular complexity index is 994. The molecule has 1 aromatic carbocycles. The zero-order valence-corrected chi connectivity index (χ0v) is 14.3. The fourth-order valence-electron chi connectivity index (χ4n) is 2.31. The van der Waals surface area contributed by atoms with Crippen LogP contribution in [0.1, 0.15) is 20.8 Å². The number of nitrogens with one attached hydrogen (secondary N) is 1. The van der Waals surface area contributed by atoms with Crippen LogP contribution in [0.25, 0.3) is 10.2 Å². The molecular formula is C16H11ClN4O2S. The summed E-state index contributed by atoms with van der Waals surface area (Å²) in [7, 11) is 1.33. The summed E-state index contributed by atoms with van der Waals surface area (Å²) in [5.41, 5.74) is 1.78. The van der Waals surface area contributed by atoms with Gasteiger partial charge in [0.2, 0.25) is 5.28 Å². The molecule has 3 aromatic rings. The first kappa shape index (κ1) is 16.2. The monoisotopic (exact) mass is 358 g/mol. The topological polar surface area (TPSA) is 87.9 Å². The maximum Gasteiger partial charge on any atom is 0.348 e. The molecule has 0 saturated carbocycles. The van der Waals surface area contributed by atoms with Crippen molar-refractivity contribution in [2.75, 3.05) is 12.4 Å². The summed E-state index contributed by atoms with van der Waals surface area (Å²) in [6, 6.07) is 9.16. The highest BCUT2D eigenvalue weighted by atomic mass is 35.5. The number of benzene rings is 1. The van der Waals surface area contributed by atoms with Gasteiger partial charge in [-0.1, -0.05) is 12.1 Å². The van der Waals surface area contributed by atoms with Gasteiger partial charge >= 0.3 is 5.97 Å². The third kappa shape index (κ3) is 2.77. The number of para-hydroxylation sites is 1. The maximum absolute atomic E-state index is 11.9. The van der Waals surface area contributed by atoms with Crippen molar-refractivity contribution in [3.8, 4) is 6.07 Å². The number of fused-ring (bicyclic) bond motifs is 1. The van der Waals surface area contributed by atoms with Gasteiger partial charge in [-0.2, -0.15) is 10.2 Å². The van der Waals surface area contributed by atoms with Crippen molar-refractivity contribution < 1.29 is 9.53 Å². The SMILES string of the molecule is COC(=O)c1sc2nc(Cl)nc(Nc3ccccc3C#N)c2c1C. The normalized spacial score (nSPS) is 10.4. The van der Waals surface area contributed by atoms with E-state index in [1.165, 1.54) is 18.4 Å². The van der Waals surface area contributed by atoms with Crippen molar-refractivity contribution in [2.24, 2.45) is 0 Å². The number of carbonyl (C=O) groups is 1. The second kappa shape index (κ2) is 6.43. The number of halogens is 1. The Morgan fingerprint density at radius 2 is 2.12 bits per heavy atom. The zero-order valence-electron chi connectivity index (χ0n) is 12.8. The molecule has 8 heteroatoms. The molecule has 0 aliphatic carbocycles. The second-order valence-electron chi connectivity index (χ2n) is 4.85. The van der Waals surface area contributed by atoms with Gasteiger partial charge in [0.25, 0.3) is 0 Å². The smallest absolute Gasteiger partial charge is 0.348 e. The highest BCUT2D eigenvalue weighted by Crippen LogP contribution is 2.36. The number of ether oxygens (including phenoxy) is 1. The minimum absolute atomic E-state index is 0.0529. The highest BCUT2D eigenvalue weighted by Gasteiger charge is 2.21. The Balaban J connectivity index is 2.19. The number of thiophene rings is 1. The summed E-state index contributed by atoms with van der Waals surface area (Å²) in [4.78, 5) is 21.3. The van der Waals surface area contributed by atoms with E-state index in [1.54, 1.807) is 25.1 Å². The molecular weight excluding hydrogens is 348 g/mol. The van der Waals surface area contributed by atoms with E-state index in [2.05, 4.69) is 21.4 Å². The molecule has 0 saturated heterocycles. The first-order valence-electron chi connectivity index (χ1n) is 6.86. The molecule has 0 spiro atoms. The summed E-state index contributed by atoms with van der Waals surface area (Å²) in [6.45, 7) is 1.80. The van der Waals surface area contributed by atoms with E-state index >= 15 is 0 Å². The lowest BCUT2D eigenvalue weighted by molar-refractivity contribution is 0.0605. The van der Waals surface area contributed by atoms with Gasteiger partial charge < -0.3 is 10.1 Å². The van der Waals surface area contributed by atoms with Crippen LogP contribution in [0.15, 0.2) is 24.3 Å². The minimum Gasteiger partial charge on any atom is -0.465 e. The van der Waals surface area contributed by atoms with Gasteiger partial charge in [-0.05, 0) is 36.2 Å². The number of aromatic nitrogens is 2. The van der Waals surface area contributed by atoms with Crippen molar-refractivity contribution in [2.45, 2.75) is 6.92 Å². The van der Waals surface area contributed by atoms with Crippen LogP contribution in [0.5, 0.6) is 0 Å². The molecule has 6 nitrogen and oxygen atoms in total. The molecule has 120 valence electrons. The summed E-state index contributed by atoms with van der Waals surface area (Å²) in [6.07, 6.45) is 0. The predicted molar refractivity (Wildman–Crippen MR) is 92.9 cm³/mol. The first-order valence-corrected chi connectivity index (χ1v) is 8.05. The van der Waals surface area contributed by atoms with E-state index in [-0.39, 0.29) is 5.28 Å². The molecule has 2 aromatic heterocycles. The number of aryl methyl sites for hydroxylation is 1. The minimum atomic E-state index is -0.435. The molecule has 0 amide bonds. The Morgan fingerprint density at radius 1 is 1.38 bits per heavy atom. The van der Waals surface area contributed by atoms with Crippen molar-refractivity contribution in [1.82, 2.24) is 9.97 Å². The largest absolute Gasteiger partial charge is 0.465 e. The summed E-state index contributed by atoms with van der Waals surface area (Å²) < 4.78 is 4.80. The van der Waals surface area contributed by atoms with E-state index < -0.39 is 5.97 Å². The lowest BCUT2D eigenvalue weighted by Crippen LogP contribution is -2.01. The van der Waals surface area contributed by atoms with Gasteiger partial charge in [-0.15, -0.1) is 11.3 Å². The standard InChI is InChI=1S/C16H11ClN4O2S/c1-8-11-13(19-10-6-4-3-5-9(10)7-18)20-16(17)21-14(11)24-12(8)15(22)23-2/h3-6H,1-2H3,(H,19,20,21). The predicted octanol–water partition coefficient (Wildman–Crippen LogP) is 4.06. The number of rotatable bonds is 3. The van der Waals surface area contributed by atoms with Crippen LogP contribution in [-0.4, -0.2) is 23.0 Å². The molecule has 24 heavy (non-hydrogen) atoms. The fraction of sp³-hybridized carbons (Fsp3) is 0.125. The van der Waals surface area contributed by atoms with Gasteiger partial charge in [0.15, 0.2) is 0 Å². The van der Waals surface area contributed by atoms with Gasteiger partial charge in [0.1, 0.15) is 21.6 Å². The van der Waals surface area contributed by atoms with E-state index in [1.807, 2.05) is 6.07 Å². The van der Waals surface area contributed by atoms with E-state index in [9.17, 15) is 10.1 Å². The van der Waals surface area contributed by atoms with Crippen LogP contribution in [0.2, 0.25) is 5.28 Å². The van der Waals surface area contributed by atoms with Gasteiger partial charge in [-0.25, -0.2) is 9.78 Å². The molecule has 0 fully saturated rings. The van der Waals surface area contributed by atoms with Crippen LogP contribution >= 0.6 is 22.9 Å². The quantitative estimate of drug-likeness (QED) is 0.561. The van der Waals surface area contributed by atoms with Gasteiger partial charge in [0.05, 0.1) is 23.7 Å². The summed E-state index contributed by atoms with van der Waals surface area (Å²) in [5, 5.41) is 13.1. The Hall–Kier alpha value is -2.69. The van der Waals surface area contributed by atoms with Crippen molar-refractivity contribution in [1.29, 1.82) is 5.26 Å². The number of hydrogen-bond acceptors (Lipinski definition) is 7. The third-order valence-corrected chi connectivity index (χ3v) is 4.77. The fourth-order valence-corrected chi connectivity index (χ4v) is 3.63. The third-order valence-electron chi connectivity index (χ3n) is 3.43. The lowest BCUT2D eigenvalue weighted by Gasteiger charge is -2.09. The summed E-state index contributed by atoms with van der Waals surface area (Å²) >= 11 is 7.19. The van der Waals surface area contributed by atoms with Crippen LogP contribution in [0.4, 0.5) is 11.5 Å². The number of carbonyl (C=O) groups excluding carboxylic acids is 1. The number of nitriles is 1. The van der Waals surface area contributed by atoms with Crippen LogP contribution in [0, 0.1) is 18.3 Å². The van der Waals surface area contributed by atoms with E-state index in [4.69, 9.17) is 16.3 Å². The molecule has 3 rings (SSSR count). The second-order valence-corrected chi connectivity index (χ2v) is 6.19. The molecule has 0 aliphatic heterocycles. The zero-order chi connectivity index (χ0) is 17.3. The van der Waals surface area contributed by atoms with E-state index in [0.29, 0.717) is 37.7 Å². The number of esters is 1. The van der Waals surface area contributed by atoms with Crippen LogP contribution in [0.3, 0.4) is 0 Å². The Morgan fingerprint density at radius 3 is 2.83 bits per heavy atom. The van der Waals surface area contributed by atoms with Gasteiger partial charge in [-0.3, -0.25) is 0 Å². The molecule has 0 aliphatic rings. The number of nitrogens with zero attached hydrogens (tertiary/aromatic N) is 3. The molecule has 0 atom stereocenters. The molecule has 2 heterocycles. The summed E-state index contributed by atoms with van der Waals surface area (Å²) in [5.74, 6) is 0.00611. The average molecular weight is 359 g/mol. The highest BCUT2D eigenvalue weighted by molar-refractivity contribution is 7.20. The van der Waals surface area contributed by atoms with Crippen molar-refractivity contribution in [3.63, 3.8) is 0 Å². The Labute approximate surface area is 146 Å². The maximum atomic E-state index is 11.9. The molecule has 0 bridgehead atoms. The average Bonchev–Trinajstić information content (AvgIpc) is 2.91. The number of methoxy groups -OCH3 is 1. The molecule has 0 unspecified atom stereocenters. The Kier molecular flexibility index (Phi) is 4.34. The lowest BCUT2D eigenvalue weighted by atomic mass is 10.1. The first-order chi connectivity index (χ1) is 11.5. The van der Waals surface area contributed by atoms with Crippen molar-refractivity contribution >= 4 is 50.6 Å². The van der Waals surface area contributed by atoms with E-state index in [0.717, 1.165) is 0 Å².